The summed E-state index contributed by atoms with van der Waals surface area (Å²) in [5, 5.41) is 2.70. The molecule has 19 heavy (non-hydrogen) atoms. The number of halogens is 4. The SMILES string of the molecule is O=C(NC1CCCC(C(F)(F)F)C1)c1ccc(Br)s1. The van der Waals surface area contributed by atoms with Gasteiger partial charge in [0.25, 0.3) is 5.91 Å². The summed E-state index contributed by atoms with van der Waals surface area (Å²) in [4.78, 5) is 12.4. The average Bonchev–Trinajstić information content (AvgIpc) is 2.75. The maximum absolute atomic E-state index is 12.7. The van der Waals surface area contributed by atoms with Gasteiger partial charge in [0.1, 0.15) is 0 Å². The molecule has 106 valence electrons. The van der Waals surface area contributed by atoms with Crippen LogP contribution < -0.4 is 5.32 Å². The van der Waals surface area contributed by atoms with Crippen molar-refractivity contribution in [2.75, 3.05) is 0 Å². The van der Waals surface area contributed by atoms with Crippen molar-refractivity contribution in [3.63, 3.8) is 0 Å². The molecule has 2 nitrogen and oxygen atoms in total. The Kier molecular flexibility index (Phi) is 4.55. The van der Waals surface area contributed by atoms with Crippen LogP contribution in [0.25, 0.3) is 0 Å². The molecule has 1 aromatic rings. The number of carbonyl (C=O) groups is 1. The number of thiophene rings is 1. The third-order valence-electron chi connectivity index (χ3n) is 3.27. The molecule has 0 saturated heterocycles. The molecule has 1 aromatic heterocycles. The Hall–Kier alpha value is -0.560. The van der Waals surface area contributed by atoms with Crippen LogP contribution in [-0.4, -0.2) is 18.1 Å². The van der Waals surface area contributed by atoms with Crippen molar-refractivity contribution in [2.24, 2.45) is 5.92 Å². The predicted octanol–water partition coefficient (Wildman–Crippen LogP) is 4.36. The Balaban J connectivity index is 1.94. The van der Waals surface area contributed by atoms with E-state index >= 15 is 0 Å². The molecule has 1 amide bonds. The molecule has 1 N–H and O–H groups in total. The van der Waals surface area contributed by atoms with Gasteiger partial charge < -0.3 is 5.32 Å². The van der Waals surface area contributed by atoms with Gasteiger partial charge in [0.15, 0.2) is 0 Å². The molecular formula is C12H13BrF3NOS. The Bertz CT molecular complexity index is 460. The summed E-state index contributed by atoms with van der Waals surface area (Å²) < 4.78 is 38.8. The summed E-state index contributed by atoms with van der Waals surface area (Å²) in [6.07, 6.45) is -2.88. The van der Waals surface area contributed by atoms with Gasteiger partial charge in [0.05, 0.1) is 14.6 Å². The molecule has 1 aliphatic rings. The summed E-state index contributed by atoms with van der Waals surface area (Å²) in [5.74, 6) is -1.58. The highest BCUT2D eigenvalue weighted by molar-refractivity contribution is 9.11. The van der Waals surface area contributed by atoms with Crippen LogP contribution in [0.4, 0.5) is 13.2 Å². The molecule has 1 fully saturated rings. The number of nitrogens with one attached hydrogen (secondary N) is 1. The van der Waals surface area contributed by atoms with Crippen LogP contribution in [0.2, 0.25) is 0 Å². The predicted molar refractivity (Wildman–Crippen MR) is 71.3 cm³/mol. The second kappa shape index (κ2) is 5.83. The maximum Gasteiger partial charge on any atom is 0.391 e. The van der Waals surface area contributed by atoms with E-state index in [9.17, 15) is 18.0 Å². The zero-order chi connectivity index (χ0) is 14.0. The molecule has 0 radical (unpaired) electrons. The van der Waals surface area contributed by atoms with Gasteiger partial charge in [-0.15, -0.1) is 11.3 Å². The Labute approximate surface area is 121 Å². The molecule has 0 spiro atoms. The van der Waals surface area contributed by atoms with Crippen molar-refractivity contribution in [3.05, 3.63) is 20.8 Å². The number of hydrogen-bond acceptors (Lipinski definition) is 2. The quantitative estimate of drug-likeness (QED) is 0.838. The monoisotopic (exact) mass is 355 g/mol. The van der Waals surface area contributed by atoms with E-state index in [0.29, 0.717) is 17.7 Å². The lowest BCUT2D eigenvalue weighted by Crippen LogP contribution is -2.41. The molecule has 2 atom stereocenters. The normalized spacial score (nSPS) is 24.2. The number of carbonyl (C=O) groups excluding carboxylic acids is 1. The lowest BCUT2D eigenvalue weighted by atomic mass is 9.85. The fraction of sp³-hybridized carbons (Fsp3) is 0.583. The second-order valence-corrected chi connectivity index (χ2v) is 7.14. The standard InChI is InChI=1S/C12H13BrF3NOS/c13-10-5-4-9(19-10)11(18)17-8-3-1-2-7(6-8)12(14,15)16/h4-5,7-8H,1-3,6H2,(H,17,18). The molecular weight excluding hydrogens is 343 g/mol. The molecule has 2 unspecified atom stereocenters. The van der Waals surface area contributed by atoms with Gasteiger partial charge in [-0.05, 0) is 47.3 Å². The zero-order valence-corrected chi connectivity index (χ0v) is 12.4. The second-order valence-electron chi connectivity index (χ2n) is 4.68. The molecule has 0 aliphatic heterocycles. The minimum atomic E-state index is -4.16. The lowest BCUT2D eigenvalue weighted by Gasteiger charge is -2.30. The van der Waals surface area contributed by atoms with E-state index in [1.54, 1.807) is 12.1 Å². The van der Waals surface area contributed by atoms with Crippen molar-refractivity contribution in [1.29, 1.82) is 0 Å². The highest BCUT2D eigenvalue weighted by atomic mass is 79.9. The van der Waals surface area contributed by atoms with E-state index in [-0.39, 0.29) is 24.8 Å². The fourth-order valence-corrected chi connectivity index (χ4v) is 3.60. The van der Waals surface area contributed by atoms with E-state index < -0.39 is 12.1 Å². The topological polar surface area (TPSA) is 29.1 Å². The van der Waals surface area contributed by atoms with Gasteiger partial charge in [0, 0.05) is 6.04 Å². The first kappa shape index (κ1) is 14.8. The maximum atomic E-state index is 12.7. The van der Waals surface area contributed by atoms with Crippen molar-refractivity contribution in [3.8, 4) is 0 Å². The molecule has 0 bridgehead atoms. The molecule has 0 aromatic carbocycles. The van der Waals surface area contributed by atoms with Crippen molar-refractivity contribution >= 4 is 33.2 Å². The first-order valence-corrected chi connectivity index (χ1v) is 7.60. The van der Waals surface area contributed by atoms with Crippen molar-refractivity contribution in [1.82, 2.24) is 5.32 Å². The third kappa shape index (κ3) is 3.95. The van der Waals surface area contributed by atoms with Crippen LogP contribution in [0, 0.1) is 5.92 Å². The van der Waals surface area contributed by atoms with E-state index in [1.165, 1.54) is 11.3 Å². The number of rotatable bonds is 2. The smallest absolute Gasteiger partial charge is 0.349 e. The summed E-state index contributed by atoms with van der Waals surface area (Å²) in [6, 6.07) is 3.03. The molecule has 7 heteroatoms. The van der Waals surface area contributed by atoms with Crippen LogP contribution >= 0.6 is 27.3 Å². The van der Waals surface area contributed by atoms with Crippen LogP contribution in [0.15, 0.2) is 15.9 Å². The summed E-state index contributed by atoms with van der Waals surface area (Å²) in [6.45, 7) is 0. The highest BCUT2D eigenvalue weighted by Gasteiger charge is 2.42. The van der Waals surface area contributed by atoms with E-state index in [2.05, 4.69) is 21.2 Å². The minimum Gasteiger partial charge on any atom is -0.349 e. The fourth-order valence-electron chi connectivity index (χ4n) is 2.31. The average molecular weight is 356 g/mol. The first-order valence-electron chi connectivity index (χ1n) is 5.99. The molecule has 2 rings (SSSR count). The third-order valence-corrected chi connectivity index (χ3v) is 4.89. The van der Waals surface area contributed by atoms with Gasteiger partial charge in [-0.3, -0.25) is 4.79 Å². The van der Waals surface area contributed by atoms with Gasteiger partial charge in [-0.1, -0.05) is 6.42 Å². The highest BCUT2D eigenvalue weighted by Crippen LogP contribution is 2.37. The Morgan fingerprint density at radius 1 is 1.37 bits per heavy atom. The van der Waals surface area contributed by atoms with Gasteiger partial charge in [-0.2, -0.15) is 13.2 Å². The largest absolute Gasteiger partial charge is 0.391 e. The number of hydrogen-bond donors (Lipinski definition) is 1. The van der Waals surface area contributed by atoms with Crippen molar-refractivity contribution in [2.45, 2.75) is 37.9 Å². The summed E-state index contributed by atoms with van der Waals surface area (Å²) in [5.41, 5.74) is 0. The summed E-state index contributed by atoms with van der Waals surface area (Å²) >= 11 is 4.52. The van der Waals surface area contributed by atoms with Crippen LogP contribution in [-0.2, 0) is 0 Å². The van der Waals surface area contributed by atoms with Gasteiger partial charge in [-0.25, -0.2) is 0 Å². The number of amides is 1. The Morgan fingerprint density at radius 3 is 2.68 bits per heavy atom. The molecule has 1 aliphatic carbocycles. The van der Waals surface area contributed by atoms with E-state index in [0.717, 1.165) is 3.79 Å². The number of alkyl halides is 3. The summed E-state index contributed by atoms with van der Waals surface area (Å²) in [7, 11) is 0. The van der Waals surface area contributed by atoms with Crippen LogP contribution in [0.3, 0.4) is 0 Å². The minimum absolute atomic E-state index is 0.0121. The van der Waals surface area contributed by atoms with Crippen molar-refractivity contribution < 1.29 is 18.0 Å². The van der Waals surface area contributed by atoms with E-state index in [1.807, 2.05) is 0 Å². The van der Waals surface area contributed by atoms with Gasteiger partial charge >= 0.3 is 6.18 Å². The van der Waals surface area contributed by atoms with Crippen LogP contribution in [0.1, 0.15) is 35.4 Å². The van der Waals surface area contributed by atoms with E-state index in [4.69, 9.17) is 0 Å². The first-order chi connectivity index (χ1) is 8.86. The zero-order valence-electron chi connectivity index (χ0n) is 9.97. The lowest BCUT2D eigenvalue weighted by molar-refractivity contribution is -0.183. The molecule has 1 saturated carbocycles. The van der Waals surface area contributed by atoms with Gasteiger partial charge in [0.2, 0.25) is 0 Å². The van der Waals surface area contributed by atoms with Crippen LogP contribution in [0.5, 0.6) is 0 Å². The molecule has 1 heterocycles. The Morgan fingerprint density at radius 2 is 2.11 bits per heavy atom.